The molecule has 0 aromatic carbocycles. The van der Waals surface area contributed by atoms with Crippen LogP contribution in [-0.2, 0) is 22.9 Å². The SMILES string of the molecule is CCC1=C(CC)[C]([Hf][C]2=C(CC)CC(CC)=C2CC)=C(CC)C1. The third-order valence-corrected chi connectivity index (χ3v) is 12.2. The molecule has 2 rings (SSSR count). The molecule has 126 valence electrons. The molecular weight excluding hydrogens is 443 g/mol. The summed E-state index contributed by atoms with van der Waals surface area (Å²) in [7, 11) is 0. The van der Waals surface area contributed by atoms with Crippen LogP contribution in [0.1, 0.15) is 92.9 Å². The average molecular weight is 477 g/mol. The summed E-state index contributed by atoms with van der Waals surface area (Å²) < 4.78 is 3.83. The normalized spacial score (nSPS) is 18.9. The molecule has 0 bridgehead atoms. The maximum absolute atomic E-state index is 2.38. The van der Waals surface area contributed by atoms with Crippen molar-refractivity contribution in [3.63, 3.8) is 0 Å². The molecule has 0 atom stereocenters. The van der Waals surface area contributed by atoms with Gasteiger partial charge in [0.1, 0.15) is 0 Å². The molecule has 0 saturated heterocycles. The number of allylic oxidation sites excluding steroid dienone is 8. The van der Waals surface area contributed by atoms with Crippen molar-refractivity contribution >= 4 is 0 Å². The van der Waals surface area contributed by atoms with Gasteiger partial charge in [0.15, 0.2) is 0 Å². The van der Waals surface area contributed by atoms with E-state index in [1.807, 2.05) is 17.8 Å². The molecule has 0 N–H and O–H groups in total. The molecule has 1 heteroatoms. The van der Waals surface area contributed by atoms with E-state index in [-0.39, 0.29) is 0 Å². The van der Waals surface area contributed by atoms with Crippen molar-refractivity contribution in [1.82, 2.24) is 0 Å². The Hall–Kier alpha value is -0.170. The minimum absolute atomic E-state index is 0.917. The van der Waals surface area contributed by atoms with Crippen LogP contribution in [-0.4, -0.2) is 0 Å². The first-order chi connectivity index (χ1) is 11.1. The van der Waals surface area contributed by atoms with Crippen LogP contribution in [0.4, 0.5) is 0 Å². The van der Waals surface area contributed by atoms with Gasteiger partial charge in [0, 0.05) is 0 Å². The summed E-state index contributed by atoms with van der Waals surface area (Å²) in [6.45, 7) is 14.2. The fraction of sp³-hybridized carbons (Fsp3) is 0.636. The van der Waals surface area contributed by atoms with Crippen LogP contribution >= 0.6 is 0 Å². The fourth-order valence-electron chi connectivity index (χ4n) is 4.27. The first-order valence-corrected chi connectivity index (χ1v) is 13.4. The van der Waals surface area contributed by atoms with Crippen molar-refractivity contribution in [1.29, 1.82) is 0 Å². The van der Waals surface area contributed by atoms with Gasteiger partial charge in [-0.1, -0.05) is 0 Å². The third kappa shape index (κ3) is 3.75. The molecule has 0 fully saturated rings. The van der Waals surface area contributed by atoms with E-state index in [2.05, 4.69) is 41.5 Å². The Morgan fingerprint density at radius 3 is 1.13 bits per heavy atom. The van der Waals surface area contributed by atoms with Crippen LogP contribution in [0, 0.1) is 0 Å². The van der Waals surface area contributed by atoms with Gasteiger partial charge in [-0.2, -0.15) is 0 Å². The number of hydrogen-bond donors (Lipinski definition) is 0. The molecule has 0 nitrogen and oxygen atoms in total. The zero-order chi connectivity index (χ0) is 17.0. The second-order valence-electron chi connectivity index (χ2n) is 6.72. The minimum atomic E-state index is -0.917. The Balaban J connectivity index is 2.42. The van der Waals surface area contributed by atoms with Gasteiger partial charge in [0.05, 0.1) is 0 Å². The molecule has 0 saturated carbocycles. The van der Waals surface area contributed by atoms with Gasteiger partial charge >= 0.3 is 156 Å². The second-order valence-corrected chi connectivity index (χ2v) is 11.2. The average Bonchev–Trinajstić information content (AvgIpc) is 3.11. The quantitative estimate of drug-likeness (QED) is 0.319. The summed E-state index contributed by atoms with van der Waals surface area (Å²) in [5.74, 6) is 0. The molecule has 0 aliphatic heterocycles. The van der Waals surface area contributed by atoms with Crippen LogP contribution < -0.4 is 0 Å². The van der Waals surface area contributed by atoms with Crippen molar-refractivity contribution in [2.45, 2.75) is 92.9 Å². The molecule has 2 aliphatic rings. The zero-order valence-electron chi connectivity index (χ0n) is 16.2. The van der Waals surface area contributed by atoms with Gasteiger partial charge in [-0.25, -0.2) is 0 Å². The summed E-state index contributed by atoms with van der Waals surface area (Å²) in [4.78, 5) is 0. The zero-order valence-corrected chi connectivity index (χ0v) is 19.7. The first kappa shape index (κ1) is 19.2. The van der Waals surface area contributed by atoms with E-state index in [9.17, 15) is 0 Å². The Kier molecular flexibility index (Phi) is 7.32. The molecule has 0 unspecified atom stereocenters. The van der Waals surface area contributed by atoms with E-state index in [0.717, 1.165) is 0 Å². The van der Waals surface area contributed by atoms with Gasteiger partial charge in [-0.15, -0.1) is 0 Å². The summed E-state index contributed by atoms with van der Waals surface area (Å²) in [6.07, 6.45) is 10.2. The van der Waals surface area contributed by atoms with E-state index in [1.54, 1.807) is 22.3 Å². The van der Waals surface area contributed by atoms with Crippen LogP contribution in [0.5, 0.6) is 0 Å². The van der Waals surface area contributed by atoms with E-state index in [0.29, 0.717) is 0 Å². The van der Waals surface area contributed by atoms with E-state index >= 15 is 0 Å². The monoisotopic (exact) mass is 478 g/mol. The van der Waals surface area contributed by atoms with Crippen LogP contribution in [0.3, 0.4) is 0 Å². The molecule has 0 spiro atoms. The van der Waals surface area contributed by atoms with Gasteiger partial charge in [-0.05, 0) is 0 Å². The second kappa shape index (κ2) is 8.79. The van der Waals surface area contributed by atoms with Crippen molar-refractivity contribution in [3.05, 3.63) is 40.1 Å². The van der Waals surface area contributed by atoms with Crippen molar-refractivity contribution in [2.75, 3.05) is 0 Å². The molecule has 0 heterocycles. The Bertz CT molecular complexity index is 529. The van der Waals surface area contributed by atoms with Gasteiger partial charge < -0.3 is 0 Å². The van der Waals surface area contributed by atoms with E-state index < -0.39 is 22.9 Å². The van der Waals surface area contributed by atoms with Gasteiger partial charge in [0.25, 0.3) is 0 Å². The summed E-state index contributed by atoms with van der Waals surface area (Å²) in [6, 6.07) is 0. The van der Waals surface area contributed by atoms with Crippen LogP contribution in [0.2, 0.25) is 0 Å². The third-order valence-electron chi connectivity index (χ3n) is 5.68. The summed E-state index contributed by atoms with van der Waals surface area (Å²) in [5, 5.41) is 0. The Morgan fingerprint density at radius 2 is 0.870 bits per heavy atom. The summed E-state index contributed by atoms with van der Waals surface area (Å²) in [5.41, 5.74) is 10.7. The molecule has 23 heavy (non-hydrogen) atoms. The topological polar surface area (TPSA) is 0 Å². The van der Waals surface area contributed by atoms with E-state index in [4.69, 9.17) is 0 Å². The molecule has 0 aromatic rings. The molecule has 0 radical (unpaired) electrons. The maximum atomic E-state index is 2.38. The molecule has 0 aromatic heterocycles. The Labute approximate surface area is 155 Å². The number of hydrogen-bond acceptors (Lipinski definition) is 0. The number of rotatable bonds is 8. The van der Waals surface area contributed by atoms with E-state index in [1.165, 1.54) is 51.4 Å². The van der Waals surface area contributed by atoms with Crippen molar-refractivity contribution in [3.8, 4) is 0 Å². The summed E-state index contributed by atoms with van der Waals surface area (Å²) >= 11 is -0.917. The van der Waals surface area contributed by atoms with Crippen molar-refractivity contribution in [2.24, 2.45) is 0 Å². The Morgan fingerprint density at radius 1 is 0.522 bits per heavy atom. The van der Waals surface area contributed by atoms with Crippen LogP contribution in [0.25, 0.3) is 0 Å². The first-order valence-electron chi connectivity index (χ1n) is 9.78. The van der Waals surface area contributed by atoms with Gasteiger partial charge in [0.2, 0.25) is 0 Å². The fourth-order valence-corrected chi connectivity index (χ4v) is 12.0. The predicted octanol–water partition coefficient (Wildman–Crippen LogP) is 7.44. The molecular formula is C22H34Hf. The van der Waals surface area contributed by atoms with Crippen LogP contribution in [0.15, 0.2) is 40.1 Å². The molecule has 2 aliphatic carbocycles. The van der Waals surface area contributed by atoms with Crippen molar-refractivity contribution < 1.29 is 22.9 Å². The molecule has 0 amide bonds. The van der Waals surface area contributed by atoms with Gasteiger partial charge in [-0.3, -0.25) is 0 Å². The predicted molar refractivity (Wildman–Crippen MR) is 99.1 cm³/mol. The standard InChI is InChI=1S/2C11H17.Hf/c2*1-4-9-7-10(5-2)11(6-3)8-9;/h2*4-7H2,1-3H3;.